The molecule has 4 rings (SSSR count). The lowest BCUT2D eigenvalue weighted by atomic mass is 10.0. The Morgan fingerprint density at radius 1 is 0.913 bits per heavy atom. The van der Waals surface area contributed by atoms with Crippen molar-refractivity contribution in [3.63, 3.8) is 0 Å². The third-order valence-corrected chi connectivity index (χ3v) is 4.46. The minimum Gasteiger partial charge on any atom is -0.329 e. The summed E-state index contributed by atoms with van der Waals surface area (Å²) in [6.07, 6.45) is 4.02. The smallest absolute Gasteiger partial charge is 0.133 e. The predicted octanol–water partition coefficient (Wildman–Crippen LogP) is 5.69. The Kier molecular flexibility index (Phi) is 3.40. The van der Waals surface area contributed by atoms with Crippen LogP contribution in [-0.4, -0.2) is 12.9 Å². The molecule has 0 fully saturated rings. The minimum absolute atomic E-state index is 0.741. The molecule has 1 aliphatic heterocycles. The van der Waals surface area contributed by atoms with E-state index in [0.717, 1.165) is 22.1 Å². The van der Waals surface area contributed by atoms with Gasteiger partial charge in [-0.15, -0.1) is 0 Å². The molecule has 1 heterocycles. The van der Waals surface area contributed by atoms with Gasteiger partial charge in [0, 0.05) is 17.5 Å². The van der Waals surface area contributed by atoms with Crippen LogP contribution >= 0.6 is 11.6 Å². The van der Waals surface area contributed by atoms with Gasteiger partial charge in [0.1, 0.15) is 5.84 Å². The Labute approximate surface area is 140 Å². The number of aliphatic imine (C=N–C) groups is 1. The van der Waals surface area contributed by atoms with Crippen molar-refractivity contribution >= 4 is 45.7 Å². The van der Waals surface area contributed by atoms with Gasteiger partial charge in [-0.1, -0.05) is 54.1 Å². The number of halogens is 1. The second kappa shape index (κ2) is 5.56. The zero-order valence-electron chi connectivity index (χ0n) is 12.7. The summed E-state index contributed by atoms with van der Waals surface area (Å²) in [7, 11) is 2.04. The summed E-state index contributed by atoms with van der Waals surface area (Å²) < 4.78 is 0. The quantitative estimate of drug-likeness (QED) is 0.593. The average Bonchev–Trinajstić information content (AvgIpc) is 2.58. The van der Waals surface area contributed by atoms with Gasteiger partial charge in [-0.25, -0.2) is 4.99 Å². The van der Waals surface area contributed by atoms with E-state index < -0.39 is 0 Å². The van der Waals surface area contributed by atoms with Gasteiger partial charge in [0.15, 0.2) is 0 Å². The summed E-state index contributed by atoms with van der Waals surface area (Å²) in [4.78, 5) is 6.92. The van der Waals surface area contributed by atoms with Crippen LogP contribution in [0.5, 0.6) is 0 Å². The maximum absolute atomic E-state index is 6.22. The second-order valence-electron chi connectivity index (χ2n) is 5.54. The molecule has 3 heteroatoms. The van der Waals surface area contributed by atoms with E-state index in [4.69, 9.17) is 16.6 Å². The Morgan fingerprint density at radius 2 is 1.70 bits per heavy atom. The van der Waals surface area contributed by atoms with Gasteiger partial charge >= 0.3 is 0 Å². The zero-order chi connectivity index (χ0) is 15.8. The normalized spacial score (nSPS) is 13.7. The topological polar surface area (TPSA) is 15.6 Å². The van der Waals surface area contributed by atoms with Crippen LogP contribution in [0.25, 0.3) is 16.8 Å². The molecule has 0 spiro atoms. The molecule has 0 aliphatic carbocycles. The Bertz CT molecular complexity index is 952. The van der Waals surface area contributed by atoms with Crippen LogP contribution in [-0.2, 0) is 0 Å². The highest BCUT2D eigenvalue weighted by atomic mass is 35.5. The number of nitrogens with zero attached hydrogens (tertiary/aromatic N) is 2. The molecule has 23 heavy (non-hydrogen) atoms. The summed E-state index contributed by atoms with van der Waals surface area (Å²) in [6.45, 7) is 0. The highest BCUT2D eigenvalue weighted by molar-refractivity contribution is 6.32. The third kappa shape index (κ3) is 2.41. The molecular formula is C20H15ClN2. The van der Waals surface area contributed by atoms with Gasteiger partial charge < -0.3 is 4.90 Å². The van der Waals surface area contributed by atoms with Crippen molar-refractivity contribution in [1.82, 2.24) is 0 Å². The molecule has 3 aromatic carbocycles. The maximum atomic E-state index is 6.22. The molecule has 0 saturated heterocycles. The first kappa shape index (κ1) is 14.0. The molecule has 0 atom stereocenters. The van der Waals surface area contributed by atoms with Crippen LogP contribution in [0, 0.1) is 0 Å². The van der Waals surface area contributed by atoms with Crippen LogP contribution in [0.4, 0.5) is 11.4 Å². The van der Waals surface area contributed by atoms with Crippen LogP contribution in [0.1, 0.15) is 5.56 Å². The molecule has 1 aliphatic rings. The van der Waals surface area contributed by atoms with Crippen LogP contribution in [0.3, 0.4) is 0 Å². The highest BCUT2D eigenvalue weighted by Gasteiger charge is 2.17. The largest absolute Gasteiger partial charge is 0.329 e. The van der Waals surface area contributed by atoms with E-state index in [1.54, 1.807) is 0 Å². The van der Waals surface area contributed by atoms with Crippen molar-refractivity contribution in [3.05, 3.63) is 77.3 Å². The Balaban J connectivity index is 1.80. The number of likely N-dealkylation sites (N-methyl/N-ethyl adjacent to an activating group) is 1. The number of anilines is 1. The van der Waals surface area contributed by atoms with Crippen molar-refractivity contribution < 1.29 is 0 Å². The second-order valence-corrected chi connectivity index (χ2v) is 5.94. The van der Waals surface area contributed by atoms with Gasteiger partial charge in [0.05, 0.1) is 11.4 Å². The fourth-order valence-electron chi connectivity index (χ4n) is 2.92. The summed E-state index contributed by atoms with van der Waals surface area (Å²) in [5.74, 6) is 0.899. The molecule has 0 N–H and O–H groups in total. The first-order chi connectivity index (χ1) is 11.2. The number of hydrogen-bond acceptors (Lipinski definition) is 2. The van der Waals surface area contributed by atoms with Crippen LogP contribution in [0.15, 0.2) is 71.7 Å². The molecule has 0 radical (unpaired) electrons. The molecule has 0 amide bonds. The maximum Gasteiger partial charge on any atom is 0.133 e. The van der Waals surface area contributed by atoms with Crippen LogP contribution in [0.2, 0.25) is 5.02 Å². The number of amidine groups is 1. The van der Waals surface area contributed by atoms with Crippen molar-refractivity contribution in [1.29, 1.82) is 0 Å². The molecule has 0 saturated carbocycles. The van der Waals surface area contributed by atoms with E-state index in [9.17, 15) is 0 Å². The lowest BCUT2D eigenvalue weighted by Crippen LogP contribution is -2.26. The van der Waals surface area contributed by atoms with Crippen molar-refractivity contribution in [3.8, 4) is 0 Å². The third-order valence-electron chi connectivity index (χ3n) is 4.12. The van der Waals surface area contributed by atoms with Crippen LogP contribution < -0.4 is 4.90 Å². The van der Waals surface area contributed by atoms with Crippen molar-refractivity contribution in [2.75, 3.05) is 11.9 Å². The van der Waals surface area contributed by atoms with E-state index in [0.29, 0.717) is 0 Å². The van der Waals surface area contributed by atoms with Crippen molar-refractivity contribution in [2.45, 2.75) is 0 Å². The fraction of sp³-hybridized carbons (Fsp3) is 0.0500. The lowest BCUT2D eigenvalue weighted by molar-refractivity contribution is 1.25. The predicted molar refractivity (Wildman–Crippen MR) is 99.9 cm³/mol. The van der Waals surface area contributed by atoms with Gasteiger partial charge in [-0.3, -0.25) is 0 Å². The minimum atomic E-state index is 0.741. The monoisotopic (exact) mass is 318 g/mol. The van der Waals surface area contributed by atoms with Gasteiger partial charge in [-0.2, -0.15) is 0 Å². The molecule has 3 aromatic rings. The molecule has 0 aromatic heterocycles. The van der Waals surface area contributed by atoms with E-state index in [1.165, 1.54) is 16.5 Å². The summed E-state index contributed by atoms with van der Waals surface area (Å²) >= 11 is 6.22. The first-order valence-electron chi connectivity index (χ1n) is 7.51. The summed E-state index contributed by atoms with van der Waals surface area (Å²) in [5, 5.41) is 3.16. The van der Waals surface area contributed by atoms with E-state index in [1.807, 2.05) is 49.5 Å². The Morgan fingerprint density at radius 3 is 2.52 bits per heavy atom. The van der Waals surface area contributed by atoms with Crippen molar-refractivity contribution in [2.24, 2.45) is 4.99 Å². The fourth-order valence-corrected chi connectivity index (χ4v) is 3.12. The van der Waals surface area contributed by atoms with Gasteiger partial charge in [0.25, 0.3) is 0 Å². The lowest BCUT2D eigenvalue weighted by Gasteiger charge is -2.26. The Hall–Kier alpha value is -2.58. The summed E-state index contributed by atoms with van der Waals surface area (Å²) in [6, 6.07) is 20.4. The van der Waals surface area contributed by atoms with E-state index in [2.05, 4.69) is 35.2 Å². The first-order valence-corrected chi connectivity index (χ1v) is 7.88. The molecule has 112 valence electrons. The molecule has 2 nitrogen and oxygen atoms in total. The standard InChI is InChI=1S/C20H15ClN2/c1-23-18-11-5-8-15-7-4-10-17(20(15)18)22-19(23)13-12-14-6-2-3-9-16(14)21/h2-13H,1H3/b13-12-. The van der Waals surface area contributed by atoms with Gasteiger partial charge in [-0.05, 0) is 41.3 Å². The molecule has 0 bridgehead atoms. The highest BCUT2D eigenvalue weighted by Crippen LogP contribution is 2.38. The number of benzene rings is 3. The number of hydrogen-bond donors (Lipinski definition) is 0. The number of rotatable bonds is 2. The molecular weight excluding hydrogens is 304 g/mol. The van der Waals surface area contributed by atoms with E-state index >= 15 is 0 Å². The zero-order valence-corrected chi connectivity index (χ0v) is 13.5. The van der Waals surface area contributed by atoms with Gasteiger partial charge in [0.2, 0.25) is 0 Å². The SMILES string of the molecule is CN1C(/C=C\c2ccccc2Cl)=Nc2cccc3cccc1c23. The summed E-state index contributed by atoms with van der Waals surface area (Å²) in [5.41, 5.74) is 3.17. The molecule has 0 unspecified atom stereocenters. The van der Waals surface area contributed by atoms with E-state index in [-0.39, 0.29) is 0 Å². The average molecular weight is 319 g/mol.